The normalized spacial score (nSPS) is 16.5. The van der Waals surface area contributed by atoms with Crippen LogP contribution in [0.15, 0.2) is 11.3 Å². The summed E-state index contributed by atoms with van der Waals surface area (Å²) in [4.78, 5) is 22.2. The van der Waals surface area contributed by atoms with Gasteiger partial charge in [0.05, 0.1) is 13.1 Å². The number of carbonyl (C=O) groups is 1. The molecule has 0 atom stereocenters. The Balaban J connectivity index is 1.73. The van der Waals surface area contributed by atoms with Crippen LogP contribution in [0.5, 0.6) is 0 Å². The second kappa shape index (κ2) is 8.32. The molecular formula is C15H24N6O2S. The van der Waals surface area contributed by atoms with E-state index >= 15 is 0 Å². The van der Waals surface area contributed by atoms with Crippen LogP contribution in [0.3, 0.4) is 0 Å². The summed E-state index contributed by atoms with van der Waals surface area (Å²) in [5.41, 5.74) is 8.06. The molecule has 0 spiro atoms. The maximum Gasteiger partial charge on any atom is 0.407 e. The monoisotopic (exact) mass is 352 g/mol. The number of likely N-dealkylation sites (tertiary alicyclic amines) is 1. The molecule has 1 saturated heterocycles. The van der Waals surface area contributed by atoms with Crippen LogP contribution >= 0.6 is 11.3 Å². The van der Waals surface area contributed by atoms with E-state index in [9.17, 15) is 4.79 Å². The van der Waals surface area contributed by atoms with Crippen LogP contribution in [0.25, 0.3) is 10.4 Å². The van der Waals surface area contributed by atoms with E-state index in [1.165, 1.54) is 0 Å². The van der Waals surface area contributed by atoms with Crippen LogP contribution in [0.2, 0.25) is 0 Å². The van der Waals surface area contributed by atoms with Crippen molar-refractivity contribution in [3.8, 4) is 0 Å². The minimum Gasteiger partial charge on any atom is -0.446 e. The Hall–Kier alpha value is -1.83. The summed E-state index contributed by atoms with van der Waals surface area (Å²) in [5, 5.41) is 7.38. The average molecular weight is 352 g/mol. The van der Waals surface area contributed by atoms with E-state index in [0.717, 1.165) is 42.4 Å². The predicted octanol–water partition coefficient (Wildman–Crippen LogP) is 3.44. The Bertz CT molecular complexity index is 597. The van der Waals surface area contributed by atoms with E-state index in [1.807, 2.05) is 20.8 Å². The third-order valence-electron chi connectivity index (χ3n) is 3.54. The van der Waals surface area contributed by atoms with Gasteiger partial charge < -0.3 is 10.1 Å². The number of thiazole rings is 1. The van der Waals surface area contributed by atoms with Crippen LogP contribution in [0.4, 0.5) is 4.79 Å². The second-order valence-corrected chi connectivity index (χ2v) is 8.06. The molecule has 8 nitrogen and oxygen atoms in total. The van der Waals surface area contributed by atoms with E-state index in [1.54, 1.807) is 17.5 Å². The van der Waals surface area contributed by atoms with E-state index in [4.69, 9.17) is 10.3 Å². The maximum absolute atomic E-state index is 11.8. The number of amides is 1. The molecule has 1 fully saturated rings. The fourth-order valence-corrected chi connectivity index (χ4v) is 3.34. The van der Waals surface area contributed by atoms with Crippen LogP contribution in [0, 0.1) is 0 Å². The van der Waals surface area contributed by atoms with Gasteiger partial charge in [-0.1, -0.05) is 5.11 Å². The van der Waals surface area contributed by atoms with Gasteiger partial charge in [-0.25, -0.2) is 9.78 Å². The third kappa shape index (κ3) is 6.35. The second-order valence-electron chi connectivity index (χ2n) is 6.87. The lowest BCUT2D eigenvalue weighted by Gasteiger charge is -2.31. The molecule has 0 radical (unpaired) electrons. The van der Waals surface area contributed by atoms with Gasteiger partial charge in [0, 0.05) is 34.6 Å². The largest absolute Gasteiger partial charge is 0.446 e. The van der Waals surface area contributed by atoms with Gasteiger partial charge in [0.15, 0.2) is 0 Å². The van der Waals surface area contributed by atoms with Crippen molar-refractivity contribution >= 4 is 17.4 Å². The predicted molar refractivity (Wildman–Crippen MR) is 92.6 cm³/mol. The molecule has 0 bridgehead atoms. The van der Waals surface area contributed by atoms with E-state index in [2.05, 4.69) is 25.2 Å². The molecule has 1 aromatic heterocycles. The number of nitrogens with one attached hydrogen (secondary N) is 1. The van der Waals surface area contributed by atoms with Crippen molar-refractivity contribution in [2.45, 2.75) is 58.3 Å². The number of aromatic nitrogens is 1. The average Bonchev–Trinajstić information content (AvgIpc) is 2.92. The molecule has 0 unspecified atom stereocenters. The summed E-state index contributed by atoms with van der Waals surface area (Å²) < 4.78 is 5.48. The molecule has 2 heterocycles. The fourth-order valence-electron chi connectivity index (χ4n) is 2.46. The van der Waals surface area contributed by atoms with Crippen molar-refractivity contribution in [1.82, 2.24) is 15.2 Å². The molecule has 1 aliphatic rings. The number of rotatable bonds is 5. The van der Waals surface area contributed by atoms with Crippen LogP contribution in [0.1, 0.15) is 43.5 Å². The van der Waals surface area contributed by atoms with Gasteiger partial charge in [-0.15, -0.1) is 11.3 Å². The van der Waals surface area contributed by atoms with E-state index in [-0.39, 0.29) is 17.7 Å². The third-order valence-corrected chi connectivity index (χ3v) is 4.50. The van der Waals surface area contributed by atoms with Crippen LogP contribution in [-0.4, -0.2) is 40.7 Å². The first-order chi connectivity index (χ1) is 11.4. The number of hydrogen-bond acceptors (Lipinski definition) is 6. The molecule has 132 valence electrons. The molecule has 0 saturated carbocycles. The summed E-state index contributed by atoms with van der Waals surface area (Å²) in [7, 11) is 0. The van der Waals surface area contributed by atoms with Crippen molar-refractivity contribution in [3.05, 3.63) is 26.5 Å². The number of azide groups is 1. The van der Waals surface area contributed by atoms with Gasteiger partial charge in [0.25, 0.3) is 0 Å². The lowest BCUT2D eigenvalue weighted by molar-refractivity contribution is 0.0452. The molecule has 2 rings (SSSR count). The molecule has 9 heteroatoms. The molecule has 0 aromatic carbocycles. The molecule has 1 aromatic rings. The van der Waals surface area contributed by atoms with Gasteiger partial charge in [-0.2, -0.15) is 0 Å². The van der Waals surface area contributed by atoms with Gasteiger partial charge in [-0.05, 0) is 39.1 Å². The van der Waals surface area contributed by atoms with Crippen LogP contribution < -0.4 is 5.32 Å². The zero-order valence-corrected chi connectivity index (χ0v) is 15.2. The molecular weight excluding hydrogens is 328 g/mol. The Morgan fingerprint density at radius 1 is 1.54 bits per heavy atom. The Morgan fingerprint density at radius 2 is 2.25 bits per heavy atom. The first-order valence-electron chi connectivity index (χ1n) is 8.01. The zero-order chi connectivity index (χ0) is 17.6. The number of nitrogens with zero attached hydrogens (tertiary/aromatic N) is 5. The minimum atomic E-state index is -0.344. The molecule has 24 heavy (non-hydrogen) atoms. The highest BCUT2D eigenvalue weighted by atomic mass is 32.1. The topological polar surface area (TPSA) is 103 Å². The molecule has 1 N–H and O–H groups in total. The summed E-state index contributed by atoms with van der Waals surface area (Å²) in [6.07, 6.45) is 3.05. The quantitative estimate of drug-likeness (QED) is 0.498. The van der Waals surface area contributed by atoms with Gasteiger partial charge in [0.2, 0.25) is 0 Å². The van der Waals surface area contributed by atoms with Crippen molar-refractivity contribution in [1.29, 1.82) is 0 Å². The van der Waals surface area contributed by atoms with E-state index in [0.29, 0.717) is 6.54 Å². The van der Waals surface area contributed by atoms with Crippen molar-refractivity contribution in [3.63, 3.8) is 0 Å². The number of alkyl carbamates (subject to hydrolysis) is 1. The number of carbonyl (C=O) groups excluding carboxylic acids is 1. The molecule has 1 aliphatic heterocycles. The highest BCUT2D eigenvalue weighted by molar-refractivity contribution is 7.11. The summed E-state index contributed by atoms with van der Waals surface area (Å²) in [6.45, 7) is 8.68. The summed E-state index contributed by atoms with van der Waals surface area (Å²) >= 11 is 1.57. The fraction of sp³-hybridized carbons (Fsp3) is 0.733. The number of ether oxygens (including phenoxy) is 1. The standard InChI is InChI=1S/C15H24N6O2S/c1-15(2,3)19-14(22)23-11-4-6-21(7-5-11)10-13-17-8-12(24-13)9-18-20-16/h8,11H,4-7,9-10H2,1-3H3,(H,19,22). The lowest BCUT2D eigenvalue weighted by atomic mass is 10.1. The molecule has 0 aliphatic carbocycles. The highest BCUT2D eigenvalue weighted by Gasteiger charge is 2.24. The number of piperidine rings is 1. The smallest absolute Gasteiger partial charge is 0.407 e. The van der Waals surface area contributed by atoms with Gasteiger partial charge >= 0.3 is 6.09 Å². The maximum atomic E-state index is 11.8. The van der Waals surface area contributed by atoms with E-state index < -0.39 is 0 Å². The first-order valence-corrected chi connectivity index (χ1v) is 8.83. The van der Waals surface area contributed by atoms with Crippen molar-refractivity contribution in [2.75, 3.05) is 13.1 Å². The minimum absolute atomic E-state index is 0.0274. The Labute approximate surface area is 145 Å². The zero-order valence-electron chi connectivity index (χ0n) is 14.4. The van der Waals surface area contributed by atoms with Gasteiger partial charge in [-0.3, -0.25) is 4.90 Å². The molecule has 1 amide bonds. The Kier molecular flexibility index (Phi) is 6.42. The summed E-state index contributed by atoms with van der Waals surface area (Å²) in [6, 6.07) is 0. The van der Waals surface area contributed by atoms with Crippen molar-refractivity contribution < 1.29 is 9.53 Å². The number of hydrogen-bond donors (Lipinski definition) is 1. The highest BCUT2D eigenvalue weighted by Crippen LogP contribution is 2.20. The Morgan fingerprint density at radius 3 is 2.88 bits per heavy atom. The first kappa shape index (κ1) is 18.5. The van der Waals surface area contributed by atoms with Gasteiger partial charge in [0.1, 0.15) is 11.1 Å². The lowest BCUT2D eigenvalue weighted by Crippen LogP contribution is -2.44. The van der Waals surface area contributed by atoms with Crippen molar-refractivity contribution in [2.24, 2.45) is 5.11 Å². The SMILES string of the molecule is CC(C)(C)NC(=O)OC1CCN(Cc2ncc(CN=[N+]=[N-])s2)CC1. The summed E-state index contributed by atoms with van der Waals surface area (Å²) in [5.74, 6) is 0. The van der Waals surface area contributed by atoms with Crippen LogP contribution in [-0.2, 0) is 17.8 Å².